The van der Waals surface area contributed by atoms with E-state index in [1.54, 1.807) is 6.08 Å². The van der Waals surface area contributed by atoms with Crippen LogP contribution in [-0.2, 0) is 11.8 Å². The molecule has 1 nitrogen and oxygen atoms in total. The fourth-order valence-electron chi connectivity index (χ4n) is 6.72. The zero-order valence-corrected chi connectivity index (χ0v) is 27.8. The van der Waals surface area contributed by atoms with Gasteiger partial charge in [0.2, 0.25) is 0 Å². The first-order valence-corrected chi connectivity index (χ1v) is 16.7. The van der Waals surface area contributed by atoms with Gasteiger partial charge in [-0.3, -0.25) is 0 Å². The molecular formula is C48H41N. The van der Waals surface area contributed by atoms with Gasteiger partial charge in [-0.2, -0.15) is 0 Å². The average Bonchev–Trinajstić information content (AvgIpc) is 3.15. The van der Waals surface area contributed by atoms with Gasteiger partial charge in [0.1, 0.15) is 0 Å². The molecule has 49 heavy (non-hydrogen) atoms. The largest absolute Gasteiger partial charge is 0.399 e. The van der Waals surface area contributed by atoms with E-state index in [0.29, 0.717) is 12.1 Å². The van der Waals surface area contributed by atoms with Crippen LogP contribution in [0.2, 0.25) is 0 Å². The van der Waals surface area contributed by atoms with Crippen molar-refractivity contribution in [1.82, 2.24) is 0 Å². The molecule has 1 heteroatoms. The van der Waals surface area contributed by atoms with Crippen LogP contribution in [-0.4, -0.2) is 0 Å². The van der Waals surface area contributed by atoms with E-state index in [9.17, 15) is 0 Å². The van der Waals surface area contributed by atoms with Crippen molar-refractivity contribution in [3.05, 3.63) is 258 Å². The van der Waals surface area contributed by atoms with Crippen LogP contribution in [0.5, 0.6) is 0 Å². The normalized spacial score (nSPS) is 27.9. The van der Waals surface area contributed by atoms with Crippen LogP contribution in [0.4, 0.5) is 0 Å². The number of hydrogen-bond donors (Lipinski definition) is 1. The quantitative estimate of drug-likeness (QED) is 0.285. The van der Waals surface area contributed by atoms with Crippen LogP contribution in [0.25, 0.3) is 16.8 Å². The highest BCUT2D eigenvalue weighted by atomic mass is 14.5. The van der Waals surface area contributed by atoms with E-state index in [1.165, 1.54) is 33.0 Å². The first-order valence-electron chi connectivity index (χ1n) is 16.7. The minimum Gasteiger partial charge on any atom is -0.399 e. The molecule has 238 valence electrons. The maximum Gasteiger partial charge on any atom is 0.0704 e. The average molecular weight is 632 g/mol. The van der Waals surface area contributed by atoms with Crippen molar-refractivity contribution in [2.75, 3.05) is 0 Å². The summed E-state index contributed by atoms with van der Waals surface area (Å²) in [5.41, 5.74) is 15.5. The first kappa shape index (κ1) is 32.7. The molecule has 0 heterocycles. The van der Waals surface area contributed by atoms with E-state index in [-0.39, 0.29) is 0 Å². The standard InChI is InChI=1S/C48H41N/c1-3-4-5-7-11-29-44-30-17-15-23-39-24-16-18-33-46(39)48(44)37(2)21-19-28-40(34-43-35-41-25-13-14-26-42(41)36-47(43)48)38-22-10-8-6-9-12-31-45(49)32-20-27-38/h3-33,35-36H,1-2,34,49H2/b5-4-,8-6+,9-6?,10-8?,11-7-,12-9+,21-19-,22-10-,23-15-,27-20?,30-17-,31-12?,32-20-,38-22?,38-27+,40-28+,44-29-,45-31+,45-32?. The molecule has 0 fully saturated rings. The summed E-state index contributed by atoms with van der Waals surface area (Å²) in [5, 5.41) is 2.40. The monoisotopic (exact) mass is 631 g/mol. The molecule has 6 rings (SSSR count). The molecule has 3 aromatic rings. The Hall–Kier alpha value is -6.18. The van der Waals surface area contributed by atoms with Gasteiger partial charge in [0.25, 0.3) is 0 Å². The van der Waals surface area contributed by atoms with Crippen LogP contribution in [0.1, 0.15) is 22.3 Å². The molecule has 2 N–H and O–H groups in total. The van der Waals surface area contributed by atoms with Gasteiger partial charge in [-0.05, 0) is 80.0 Å². The van der Waals surface area contributed by atoms with E-state index < -0.39 is 5.41 Å². The topological polar surface area (TPSA) is 26.0 Å². The summed E-state index contributed by atoms with van der Waals surface area (Å²) in [5.74, 6) is 0. The van der Waals surface area contributed by atoms with Gasteiger partial charge in [-0.1, -0.05) is 195 Å². The Kier molecular flexibility index (Phi) is 10.4. The summed E-state index contributed by atoms with van der Waals surface area (Å²) >= 11 is 0. The summed E-state index contributed by atoms with van der Waals surface area (Å²) in [4.78, 5) is 0. The van der Waals surface area contributed by atoms with Crippen molar-refractivity contribution in [2.24, 2.45) is 5.73 Å². The van der Waals surface area contributed by atoms with Crippen molar-refractivity contribution < 1.29 is 0 Å². The molecule has 3 aliphatic carbocycles. The second kappa shape index (κ2) is 15.6. The van der Waals surface area contributed by atoms with E-state index in [4.69, 9.17) is 12.3 Å². The van der Waals surface area contributed by atoms with E-state index in [0.717, 1.165) is 22.3 Å². The van der Waals surface area contributed by atoms with Crippen molar-refractivity contribution >= 4 is 16.8 Å². The Labute approximate surface area is 291 Å². The Balaban J connectivity index is 1.65. The molecule has 3 aromatic carbocycles. The lowest BCUT2D eigenvalue weighted by molar-refractivity contribution is 0.734. The van der Waals surface area contributed by atoms with Crippen molar-refractivity contribution in [2.45, 2.75) is 11.8 Å². The van der Waals surface area contributed by atoms with Crippen molar-refractivity contribution in [3.8, 4) is 0 Å². The molecule has 3 aliphatic rings. The lowest BCUT2D eigenvalue weighted by atomic mass is 9.61. The van der Waals surface area contributed by atoms with E-state index in [2.05, 4.69) is 140 Å². The summed E-state index contributed by atoms with van der Waals surface area (Å²) in [6.45, 7) is 8.68. The van der Waals surface area contributed by atoms with Crippen LogP contribution in [0.15, 0.2) is 235 Å². The molecule has 0 aromatic heterocycles. The third-order valence-corrected chi connectivity index (χ3v) is 8.98. The number of benzene rings is 3. The Morgan fingerprint density at radius 1 is 0.612 bits per heavy atom. The molecule has 0 radical (unpaired) electrons. The molecule has 0 bridgehead atoms. The fourth-order valence-corrected chi connectivity index (χ4v) is 6.72. The molecule has 0 saturated heterocycles. The van der Waals surface area contributed by atoms with Crippen molar-refractivity contribution in [3.63, 3.8) is 0 Å². The Bertz CT molecular complexity index is 2170. The second-order valence-electron chi connectivity index (χ2n) is 12.1. The maximum absolute atomic E-state index is 6.24. The zero-order valence-electron chi connectivity index (χ0n) is 27.8. The predicted octanol–water partition coefficient (Wildman–Crippen LogP) is 11.5. The number of nitrogens with two attached hydrogens (primary N) is 1. The number of hydrogen-bond acceptors (Lipinski definition) is 1. The van der Waals surface area contributed by atoms with Crippen LogP contribution in [0, 0.1) is 0 Å². The summed E-state index contributed by atoms with van der Waals surface area (Å²) in [6, 6.07) is 22.1. The van der Waals surface area contributed by atoms with Crippen molar-refractivity contribution in [1.29, 1.82) is 0 Å². The van der Waals surface area contributed by atoms with Crippen LogP contribution >= 0.6 is 0 Å². The smallest absolute Gasteiger partial charge is 0.0704 e. The second-order valence-corrected chi connectivity index (χ2v) is 12.1. The van der Waals surface area contributed by atoms with Gasteiger partial charge < -0.3 is 5.73 Å². The van der Waals surface area contributed by atoms with Gasteiger partial charge in [0, 0.05) is 5.70 Å². The fraction of sp³-hybridized carbons (Fsp3) is 0.0417. The van der Waals surface area contributed by atoms with Gasteiger partial charge in [0.15, 0.2) is 0 Å². The number of fused-ring (bicyclic) bond motifs is 5. The van der Waals surface area contributed by atoms with E-state index in [1.807, 2.05) is 60.8 Å². The summed E-state index contributed by atoms with van der Waals surface area (Å²) in [7, 11) is 0. The molecule has 0 aliphatic heterocycles. The Morgan fingerprint density at radius 2 is 1.33 bits per heavy atom. The van der Waals surface area contributed by atoms with E-state index >= 15 is 0 Å². The molecule has 1 spiro atoms. The maximum atomic E-state index is 6.24. The molecule has 1 atom stereocenters. The highest BCUT2D eigenvalue weighted by Gasteiger charge is 2.42. The lowest BCUT2D eigenvalue weighted by Gasteiger charge is -2.41. The highest BCUT2D eigenvalue weighted by molar-refractivity contribution is 5.86. The number of rotatable bonds is 4. The van der Waals surface area contributed by atoms with Crippen LogP contribution in [0.3, 0.4) is 0 Å². The Morgan fingerprint density at radius 3 is 2.20 bits per heavy atom. The summed E-state index contributed by atoms with van der Waals surface area (Å²) in [6.07, 6.45) is 48.4. The van der Waals surface area contributed by atoms with Gasteiger partial charge in [0.05, 0.1) is 5.41 Å². The first-order chi connectivity index (χ1) is 24.1. The predicted molar refractivity (Wildman–Crippen MR) is 213 cm³/mol. The minimum atomic E-state index is -0.686. The third kappa shape index (κ3) is 7.22. The third-order valence-electron chi connectivity index (χ3n) is 8.98. The zero-order chi connectivity index (χ0) is 33.9. The van der Waals surface area contributed by atoms with Gasteiger partial charge >= 0.3 is 0 Å². The SMILES string of the molecule is C=C\C=C/C=C\C=C1\C=C/C=C\c2ccccc2C12C(=C)\C=C/C=C(C1=C/C=C\C(N)=C/C=C/C=C/C=C\1)\Cc1cc3ccccc3cc12. The molecule has 0 amide bonds. The number of allylic oxidation sites excluding steroid dienone is 26. The van der Waals surface area contributed by atoms with Gasteiger partial charge in [-0.25, -0.2) is 0 Å². The minimum absolute atomic E-state index is 0.686. The van der Waals surface area contributed by atoms with Gasteiger partial charge in [-0.15, -0.1) is 0 Å². The van der Waals surface area contributed by atoms with Crippen LogP contribution < -0.4 is 5.73 Å². The highest BCUT2D eigenvalue weighted by Crippen LogP contribution is 2.51. The molecule has 1 unspecified atom stereocenters. The lowest BCUT2D eigenvalue weighted by Crippen LogP contribution is -2.34. The molecule has 0 saturated carbocycles. The molecular weight excluding hydrogens is 591 g/mol. The summed E-state index contributed by atoms with van der Waals surface area (Å²) < 4.78 is 0.